The van der Waals surface area contributed by atoms with Crippen LogP contribution in [0.15, 0.2) is 35.7 Å². The second-order valence-electron chi connectivity index (χ2n) is 4.67. The molecule has 1 aromatic carbocycles. The van der Waals surface area contributed by atoms with Crippen molar-refractivity contribution in [3.8, 4) is 5.69 Å². The molecule has 3 aromatic rings. The van der Waals surface area contributed by atoms with Crippen LogP contribution in [0.3, 0.4) is 0 Å². The number of carbonyl (C=O) groups excluding carboxylic acids is 1. The van der Waals surface area contributed by atoms with Crippen molar-refractivity contribution in [2.24, 2.45) is 0 Å². The van der Waals surface area contributed by atoms with Crippen LogP contribution in [0.4, 0.5) is 0 Å². The molecule has 4 rings (SSSR count). The Balaban J connectivity index is 2.15. The second-order valence-corrected chi connectivity index (χ2v) is 5.67. The van der Waals surface area contributed by atoms with Gasteiger partial charge in [-0.3, -0.25) is 4.79 Å². The maximum absolute atomic E-state index is 12.5. The minimum atomic E-state index is 0.0251. The highest BCUT2D eigenvalue weighted by atomic mass is 32.1. The molecule has 0 unspecified atom stereocenters. The van der Waals surface area contributed by atoms with E-state index in [1.54, 1.807) is 20.9 Å². The molecule has 94 valence electrons. The summed E-state index contributed by atoms with van der Waals surface area (Å²) in [5.41, 5.74) is 2.54. The van der Waals surface area contributed by atoms with Crippen molar-refractivity contribution in [1.29, 1.82) is 0 Å². The van der Waals surface area contributed by atoms with Gasteiger partial charge >= 0.3 is 0 Å². The third kappa shape index (κ3) is 1.39. The summed E-state index contributed by atoms with van der Waals surface area (Å²) in [7, 11) is 1.84. The smallest absolute Gasteiger partial charge is 0.273 e. The predicted molar refractivity (Wildman–Crippen MR) is 74.7 cm³/mol. The van der Waals surface area contributed by atoms with E-state index in [9.17, 15) is 4.79 Å². The molecule has 4 nitrogen and oxygen atoms in total. The van der Waals surface area contributed by atoms with Crippen LogP contribution in [-0.4, -0.2) is 27.6 Å². The number of aromatic nitrogens is 2. The average molecular weight is 269 g/mol. The highest BCUT2D eigenvalue weighted by Gasteiger charge is 2.27. The van der Waals surface area contributed by atoms with Crippen molar-refractivity contribution >= 4 is 28.1 Å². The molecule has 0 fully saturated rings. The molecule has 3 heterocycles. The van der Waals surface area contributed by atoms with Crippen LogP contribution in [0.1, 0.15) is 15.4 Å². The molecule has 1 amide bonds. The van der Waals surface area contributed by atoms with E-state index in [1.165, 1.54) is 4.88 Å². The number of benzene rings is 1. The van der Waals surface area contributed by atoms with Crippen LogP contribution in [-0.2, 0) is 6.54 Å². The number of nitrogens with zero attached hydrogens (tertiary/aromatic N) is 3. The van der Waals surface area contributed by atoms with Gasteiger partial charge in [0.15, 0.2) is 0 Å². The summed E-state index contributed by atoms with van der Waals surface area (Å²) in [6.45, 7) is 0.642. The van der Waals surface area contributed by atoms with Gasteiger partial charge in [0.2, 0.25) is 0 Å². The van der Waals surface area contributed by atoms with Crippen molar-refractivity contribution in [3.05, 3.63) is 46.3 Å². The van der Waals surface area contributed by atoms with Gasteiger partial charge in [-0.2, -0.15) is 5.10 Å². The Morgan fingerprint density at radius 2 is 2.11 bits per heavy atom. The zero-order valence-electron chi connectivity index (χ0n) is 10.3. The maximum Gasteiger partial charge on any atom is 0.273 e. The molecule has 19 heavy (non-hydrogen) atoms. The van der Waals surface area contributed by atoms with E-state index < -0.39 is 0 Å². The van der Waals surface area contributed by atoms with Gasteiger partial charge < -0.3 is 4.90 Å². The van der Waals surface area contributed by atoms with E-state index in [-0.39, 0.29) is 5.91 Å². The lowest BCUT2D eigenvalue weighted by Gasteiger charge is -2.13. The molecule has 0 spiro atoms. The average Bonchev–Trinajstić information content (AvgIpc) is 2.98. The van der Waals surface area contributed by atoms with E-state index in [2.05, 4.69) is 5.10 Å². The number of carbonyl (C=O) groups is 1. The molecule has 0 saturated heterocycles. The first-order valence-electron chi connectivity index (χ1n) is 6.05. The fourth-order valence-electron chi connectivity index (χ4n) is 2.52. The summed E-state index contributed by atoms with van der Waals surface area (Å²) in [6.07, 6.45) is 0. The predicted octanol–water partition coefficient (Wildman–Crippen LogP) is 2.67. The molecule has 0 bridgehead atoms. The van der Waals surface area contributed by atoms with Gasteiger partial charge in [0.05, 0.1) is 17.7 Å². The quantitative estimate of drug-likeness (QED) is 0.629. The topological polar surface area (TPSA) is 38.1 Å². The van der Waals surface area contributed by atoms with Crippen molar-refractivity contribution in [1.82, 2.24) is 14.7 Å². The number of fused-ring (bicyclic) bond motifs is 5. The fourth-order valence-corrected chi connectivity index (χ4v) is 3.43. The Bertz CT molecular complexity index is 802. The Labute approximate surface area is 113 Å². The van der Waals surface area contributed by atoms with Gasteiger partial charge in [-0.05, 0) is 17.5 Å². The maximum atomic E-state index is 12.5. The summed E-state index contributed by atoms with van der Waals surface area (Å²) in [4.78, 5) is 15.5. The van der Waals surface area contributed by atoms with Gasteiger partial charge in [0.1, 0.15) is 5.69 Å². The van der Waals surface area contributed by atoms with E-state index in [0.29, 0.717) is 12.2 Å². The normalized spacial score (nSPS) is 14.4. The van der Waals surface area contributed by atoms with E-state index in [4.69, 9.17) is 0 Å². The van der Waals surface area contributed by atoms with Crippen LogP contribution in [0.5, 0.6) is 0 Å². The monoisotopic (exact) mass is 269 g/mol. The first kappa shape index (κ1) is 10.8. The summed E-state index contributed by atoms with van der Waals surface area (Å²) < 4.78 is 1.79. The molecule has 5 heteroatoms. The standard InChI is InChI=1S/C14H11N3OS/c1-16-8-12-11(6-7-19-12)17-13(14(16)18)9-4-2-3-5-10(9)15-17/h2-7H,8H2,1H3. The van der Waals surface area contributed by atoms with Crippen LogP contribution in [0.25, 0.3) is 16.6 Å². The molecule has 0 N–H and O–H groups in total. The van der Waals surface area contributed by atoms with Crippen LogP contribution >= 0.6 is 11.3 Å². The zero-order valence-corrected chi connectivity index (χ0v) is 11.1. The number of hydrogen-bond acceptors (Lipinski definition) is 3. The third-order valence-electron chi connectivity index (χ3n) is 3.46. The number of thiophene rings is 1. The molecule has 0 aliphatic carbocycles. The van der Waals surface area contributed by atoms with Crippen molar-refractivity contribution < 1.29 is 4.79 Å². The van der Waals surface area contributed by atoms with Crippen LogP contribution < -0.4 is 0 Å². The van der Waals surface area contributed by atoms with Gasteiger partial charge in [-0.1, -0.05) is 18.2 Å². The highest BCUT2D eigenvalue weighted by molar-refractivity contribution is 7.10. The lowest BCUT2D eigenvalue weighted by Crippen LogP contribution is -2.25. The summed E-state index contributed by atoms with van der Waals surface area (Å²) in [5.74, 6) is 0.0251. The first-order valence-corrected chi connectivity index (χ1v) is 6.93. The van der Waals surface area contributed by atoms with E-state index >= 15 is 0 Å². The Kier molecular flexibility index (Phi) is 2.08. The number of hydrogen-bond donors (Lipinski definition) is 0. The minimum absolute atomic E-state index is 0.0251. The molecule has 0 atom stereocenters. The summed E-state index contributed by atoms with van der Waals surface area (Å²) >= 11 is 1.66. The second kappa shape index (κ2) is 3.68. The molecule has 2 aromatic heterocycles. The van der Waals surface area contributed by atoms with Crippen LogP contribution in [0, 0.1) is 0 Å². The van der Waals surface area contributed by atoms with Crippen molar-refractivity contribution in [2.45, 2.75) is 6.54 Å². The van der Waals surface area contributed by atoms with Crippen molar-refractivity contribution in [3.63, 3.8) is 0 Å². The Hall–Kier alpha value is -2.14. The van der Waals surface area contributed by atoms with Gasteiger partial charge in [-0.15, -0.1) is 11.3 Å². The summed E-state index contributed by atoms with van der Waals surface area (Å²) in [6, 6.07) is 9.81. The molecule has 0 radical (unpaired) electrons. The lowest BCUT2D eigenvalue weighted by molar-refractivity contribution is 0.0784. The fraction of sp³-hybridized carbons (Fsp3) is 0.143. The number of rotatable bonds is 0. The van der Waals surface area contributed by atoms with E-state index in [1.807, 2.05) is 42.8 Å². The molecule has 0 saturated carbocycles. The largest absolute Gasteiger partial charge is 0.335 e. The lowest BCUT2D eigenvalue weighted by atomic mass is 10.2. The first-order chi connectivity index (χ1) is 9.25. The van der Waals surface area contributed by atoms with E-state index in [0.717, 1.165) is 16.6 Å². The highest BCUT2D eigenvalue weighted by Crippen LogP contribution is 2.31. The van der Waals surface area contributed by atoms with Gasteiger partial charge in [-0.25, -0.2) is 4.68 Å². The minimum Gasteiger partial charge on any atom is -0.335 e. The van der Waals surface area contributed by atoms with Crippen LogP contribution in [0.2, 0.25) is 0 Å². The number of amides is 1. The Morgan fingerprint density at radius 3 is 3.00 bits per heavy atom. The summed E-state index contributed by atoms with van der Waals surface area (Å²) in [5, 5.41) is 7.55. The molecule has 1 aliphatic rings. The van der Waals surface area contributed by atoms with Gasteiger partial charge in [0.25, 0.3) is 5.91 Å². The molecular formula is C14H11N3OS. The SMILES string of the molecule is CN1Cc2sccc2-n2nc3ccccc3c2C1=O. The Morgan fingerprint density at radius 1 is 1.26 bits per heavy atom. The molecule has 1 aliphatic heterocycles. The molecular weight excluding hydrogens is 258 g/mol. The zero-order chi connectivity index (χ0) is 13.0. The van der Waals surface area contributed by atoms with Gasteiger partial charge in [0, 0.05) is 17.3 Å². The third-order valence-corrected chi connectivity index (χ3v) is 4.35. The van der Waals surface area contributed by atoms with Crippen molar-refractivity contribution in [2.75, 3.05) is 7.05 Å².